The normalized spacial score (nSPS) is 12.1. The molecule has 0 aromatic heterocycles. The molecule has 3 N–H and O–H groups in total. The van der Waals surface area contributed by atoms with Crippen LogP contribution < -0.4 is 15.2 Å². The molecule has 0 saturated heterocycles. The third-order valence-electron chi connectivity index (χ3n) is 3.02. The van der Waals surface area contributed by atoms with Gasteiger partial charge in [0.05, 0.1) is 14.8 Å². The largest absolute Gasteiger partial charge is 0.491 e. The Kier molecular flexibility index (Phi) is 5.88. The van der Waals surface area contributed by atoms with Crippen LogP contribution in [-0.4, -0.2) is 30.0 Å². The van der Waals surface area contributed by atoms with Gasteiger partial charge in [-0.1, -0.05) is 11.6 Å². The summed E-state index contributed by atoms with van der Waals surface area (Å²) in [5.41, 5.74) is 6.02. The van der Waals surface area contributed by atoms with Gasteiger partial charge in [-0.2, -0.15) is 8.42 Å². The van der Waals surface area contributed by atoms with Gasteiger partial charge in [0.15, 0.2) is 0 Å². The van der Waals surface area contributed by atoms with Gasteiger partial charge < -0.3 is 10.5 Å². The number of hydrogen-bond donors (Lipinski definition) is 2. The summed E-state index contributed by atoms with van der Waals surface area (Å²) >= 11 is 5.92. The van der Waals surface area contributed by atoms with Crippen LogP contribution >= 0.6 is 11.6 Å². The molecule has 0 aliphatic rings. The molecule has 0 spiro atoms. The lowest BCUT2D eigenvalue weighted by atomic mass is 10.3. The molecule has 0 amide bonds. The molecule has 11 heteroatoms. The number of halogens is 2. The number of anilines is 1. The highest BCUT2D eigenvalue weighted by molar-refractivity contribution is 7.89. The van der Waals surface area contributed by atoms with Crippen LogP contribution in [0.25, 0.3) is 0 Å². The number of nitrogens with two attached hydrogens (primary N) is 1. The van der Waals surface area contributed by atoms with Crippen molar-refractivity contribution in [2.45, 2.75) is 9.79 Å². The van der Waals surface area contributed by atoms with E-state index in [4.69, 9.17) is 22.1 Å². The fourth-order valence-corrected chi connectivity index (χ4v) is 3.55. The second-order valence-corrected chi connectivity index (χ2v) is 8.37. The number of sulfonamides is 1. The minimum atomic E-state index is -4.88. The van der Waals surface area contributed by atoms with Crippen molar-refractivity contribution in [3.8, 4) is 5.75 Å². The van der Waals surface area contributed by atoms with Crippen LogP contribution in [0.5, 0.6) is 5.75 Å². The lowest BCUT2D eigenvalue weighted by molar-refractivity contribution is 0.323. The molecule has 7 nitrogen and oxygen atoms in total. The van der Waals surface area contributed by atoms with Crippen molar-refractivity contribution in [3.05, 3.63) is 47.5 Å². The van der Waals surface area contributed by atoms with Gasteiger partial charge in [-0.25, -0.2) is 13.1 Å². The molecular weight excluding hydrogens is 395 g/mol. The van der Waals surface area contributed by atoms with Crippen molar-refractivity contribution in [2.24, 2.45) is 0 Å². The predicted molar refractivity (Wildman–Crippen MR) is 91.3 cm³/mol. The molecule has 2 rings (SSSR count). The van der Waals surface area contributed by atoms with E-state index in [1.54, 1.807) is 12.1 Å². The van der Waals surface area contributed by atoms with Gasteiger partial charge in [0.2, 0.25) is 10.0 Å². The van der Waals surface area contributed by atoms with Crippen LogP contribution in [0, 0.1) is 0 Å². The molecule has 2 aromatic carbocycles. The van der Waals surface area contributed by atoms with Gasteiger partial charge in [0, 0.05) is 12.2 Å². The molecule has 0 heterocycles. The van der Waals surface area contributed by atoms with Gasteiger partial charge in [0.1, 0.15) is 12.4 Å². The molecule has 0 unspecified atom stereocenters. The van der Waals surface area contributed by atoms with E-state index in [2.05, 4.69) is 4.72 Å². The van der Waals surface area contributed by atoms with E-state index >= 15 is 0 Å². The van der Waals surface area contributed by atoms with Gasteiger partial charge in [0.25, 0.3) is 0 Å². The Labute approximate surface area is 149 Å². The minimum Gasteiger partial charge on any atom is -0.491 e. The zero-order valence-corrected chi connectivity index (χ0v) is 15.0. The lowest BCUT2D eigenvalue weighted by Crippen LogP contribution is -2.28. The van der Waals surface area contributed by atoms with Crippen LogP contribution in [0.2, 0.25) is 5.02 Å². The van der Waals surface area contributed by atoms with E-state index in [-0.39, 0.29) is 18.0 Å². The average Bonchev–Trinajstić information content (AvgIpc) is 2.52. The van der Waals surface area contributed by atoms with Crippen molar-refractivity contribution in [3.63, 3.8) is 0 Å². The zero-order chi connectivity index (χ0) is 18.7. The van der Waals surface area contributed by atoms with Crippen molar-refractivity contribution >= 4 is 37.5 Å². The smallest absolute Gasteiger partial charge is 0.332 e. The Hall–Kier alpha value is -1.88. The van der Waals surface area contributed by atoms with Crippen LogP contribution in [0.4, 0.5) is 9.57 Å². The van der Waals surface area contributed by atoms with Crippen molar-refractivity contribution < 1.29 is 25.5 Å². The Morgan fingerprint density at radius 3 is 2.20 bits per heavy atom. The maximum Gasteiger partial charge on any atom is 0.332 e. The molecule has 0 aliphatic carbocycles. The molecule has 0 bridgehead atoms. The predicted octanol–water partition coefficient (Wildman–Crippen LogP) is 1.94. The first-order valence-electron chi connectivity index (χ1n) is 6.82. The fourth-order valence-electron chi connectivity index (χ4n) is 1.84. The van der Waals surface area contributed by atoms with Gasteiger partial charge in [-0.05, 0) is 42.5 Å². The number of rotatable bonds is 7. The monoisotopic (exact) mass is 408 g/mol. The molecule has 0 atom stereocenters. The third kappa shape index (κ3) is 5.30. The van der Waals surface area contributed by atoms with E-state index in [1.165, 1.54) is 6.07 Å². The molecule has 2 aromatic rings. The summed E-state index contributed by atoms with van der Waals surface area (Å²) in [6.45, 7) is -0.0635. The molecule has 0 saturated carbocycles. The van der Waals surface area contributed by atoms with Gasteiger partial charge >= 0.3 is 10.2 Å². The number of ether oxygens (including phenoxy) is 1. The summed E-state index contributed by atoms with van der Waals surface area (Å²) in [6.07, 6.45) is 0. The third-order valence-corrected chi connectivity index (χ3v) is 5.63. The molecule has 136 valence electrons. The van der Waals surface area contributed by atoms with Gasteiger partial charge in [-0.15, -0.1) is 3.89 Å². The highest BCUT2D eigenvalue weighted by atomic mass is 35.5. The van der Waals surface area contributed by atoms with E-state index in [9.17, 15) is 20.7 Å². The summed E-state index contributed by atoms with van der Waals surface area (Å²) in [4.78, 5) is -0.821. The van der Waals surface area contributed by atoms with E-state index in [1.807, 2.05) is 0 Å². The van der Waals surface area contributed by atoms with Crippen molar-refractivity contribution in [2.75, 3.05) is 18.9 Å². The molecule has 0 radical (unpaired) electrons. The molecule has 0 fully saturated rings. The van der Waals surface area contributed by atoms with Crippen LogP contribution in [0.3, 0.4) is 0 Å². The first-order chi connectivity index (χ1) is 11.6. The summed E-state index contributed by atoms with van der Waals surface area (Å²) in [7, 11) is -8.77. The SMILES string of the molecule is Nc1ccc(OCCNS(=O)(=O)c2ccc(S(=O)(=O)F)cc2)c(Cl)c1. The maximum atomic E-state index is 12.8. The summed E-state index contributed by atoms with van der Waals surface area (Å²) in [6, 6.07) is 8.37. The van der Waals surface area contributed by atoms with Gasteiger partial charge in [-0.3, -0.25) is 0 Å². The highest BCUT2D eigenvalue weighted by Gasteiger charge is 2.17. The summed E-state index contributed by atoms with van der Waals surface area (Å²) in [5, 5.41) is 0.297. The molecule has 25 heavy (non-hydrogen) atoms. The van der Waals surface area contributed by atoms with Crippen molar-refractivity contribution in [1.82, 2.24) is 4.72 Å². The quantitative estimate of drug-likeness (QED) is 0.411. The zero-order valence-electron chi connectivity index (χ0n) is 12.6. The number of nitrogens with one attached hydrogen (secondary N) is 1. The van der Waals surface area contributed by atoms with Crippen LogP contribution in [-0.2, 0) is 20.2 Å². The second-order valence-electron chi connectivity index (χ2n) is 4.85. The molecule has 0 aliphatic heterocycles. The standard InChI is InChI=1S/C14H14ClFN2O5S2/c15-13-9-10(17)1-6-14(13)23-8-7-18-25(21,22)12-4-2-11(3-5-12)24(16,19)20/h1-6,9,18H,7-8,17H2. The lowest BCUT2D eigenvalue weighted by Gasteiger charge is -2.10. The first-order valence-corrected chi connectivity index (χ1v) is 10.1. The Morgan fingerprint density at radius 2 is 1.64 bits per heavy atom. The van der Waals surface area contributed by atoms with Crippen LogP contribution in [0.1, 0.15) is 0 Å². The fraction of sp³-hybridized carbons (Fsp3) is 0.143. The number of hydrogen-bond acceptors (Lipinski definition) is 6. The van der Waals surface area contributed by atoms with Crippen LogP contribution in [0.15, 0.2) is 52.3 Å². The van der Waals surface area contributed by atoms with E-state index < -0.39 is 25.1 Å². The molecular formula is C14H14ClFN2O5S2. The summed E-state index contributed by atoms with van der Waals surface area (Å²) in [5.74, 6) is 0.354. The van der Waals surface area contributed by atoms with E-state index in [0.717, 1.165) is 24.3 Å². The minimum absolute atomic E-state index is 0.000188. The Bertz CT molecular complexity index is 963. The Morgan fingerprint density at radius 1 is 1.04 bits per heavy atom. The Balaban J connectivity index is 1.95. The topological polar surface area (TPSA) is 116 Å². The highest BCUT2D eigenvalue weighted by Crippen LogP contribution is 2.26. The second kappa shape index (κ2) is 7.56. The van der Waals surface area contributed by atoms with E-state index in [0.29, 0.717) is 16.5 Å². The maximum absolute atomic E-state index is 12.8. The van der Waals surface area contributed by atoms with Crippen molar-refractivity contribution in [1.29, 1.82) is 0 Å². The average molecular weight is 409 g/mol. The number of benzene rings is 2. The summed E-state index contributed by atoms with van der Waals surface area (Å²) < 4.78 is 66.0. The number of nitrogen functional groups attached to an aromatic ring is 1. The first kappa shape index (κ1) is 19.4.